The van der Waals surface area contributed by atoms with Crippen molar-refractivity contribution in [3.63, 3.8) is 0 Å². The number of anilines is 1. The van der Waals surface area contributed by atoms with Crippen LogP contribution in [-0.2, 0) is 14.8 Å². The van der Waals surface area contributed by atoms with Gasteiger partial charge in [0.2, 0.25) is 0 Å². The van der Waals surface area contributed by atoms with Gasteiger partial charge >= 0.3 is 5.97 Å². The van der Waals surface area contributed by atoms with Crippen molar-refractivity contribution in [1.29, 1.82) is 0 Å². The van der Waals surface area contributed by atoms with Crippen LogP contribution in [0.2, 0.25) is 0 Å². The molecule has 0 saturated heterocycles. The number of carboxylic acid groups (broad SMARTS) is 1. The molecular weight excluding hydrogens is 361 g/mol. The number of methoxy groups -OCH3 is 1. The van der Waals surface area contributed by atoms with Crippen molar-refractivity contribution < 1.29 is 27.4 Å². The predicted octanol–water partition coefficient (Wildman–Crippen LogP) is 3.04. The highest BCUT2D eigenvalue weighted by Crippen LogP contribution is 2.32. The van der Waals surface area contributed by atoms with Crippen LogP contribution in [-0.4, -0.2) is 33.1 Å². The van der Waals surface area contributed by atoms with Crippen LogP contribution >= 0.6 is 0 Å². The van der Waals surface area contributed by atoms with E-state index in [-0.39, 0.29) is 16.3 Å². The van der Waals surface area contributed by atoms with Crippen LogP contribution in [0.25, 0.3) is 0 Å². The number of hydrogen-bond donors (Lipinski definition) is 1. The van der Waals surface area contributed by atoms with Gasteiger partial charge in [-0.05, 0) is 50.1 Å². The lowest BCUT2D eigenvalue weighted by atomic mass is 10.1. The minimum absolute atomic E-state index is 0.101. The van der Waals surface area contributed by atoms with Gasteiger partial charge < -0.3 is 9.84 Å². The van der Waals surface area contributed by atoms with Gasteiger partial charge in [-0.25, -0.2) is 12.8 Å². The van der Waals surface area contributed by atoms with Gasteiger partial charge in [-0.1, -0.05) is 17.7 Å². The fourth-order valence-corrected chi connectivity index (χ4v) is 4.46. The van der Waals surface area contributed by atoms with E-state index in [1.807, 2.05) is 6.92 Å². The molecule has 0 aliphatic heterocycles. The SMILES string of the molecule is COc1ccc(S(=O)(=O)N(CC(=O)O)c2c(C)cc(C)cc2C)cc1F. The molecule has 0 aliphatic rings. The van der Waals surface area contributed by atoms with Gasteiger partial charge in [-0.2, -0.15) is 0 Å². The van der Waals surface area contributed by atoms with Gasteiger partial charge in [0, 0.05) is 0 Å². The van der Waals surface area contributed by atoms with E-state index in [9.17, 15) is 22.7 Å². The molecule has 26 heavy (non-hydrogen) atoms. The van der Waals surface area contributed by atoms with E-state index in [0.29, 0.717) is 11.1 Å². The first kappa shape index (κ1) is 19.7. The highest BCUT2D eigenvalue weighted by atomic mass is 32.2. The normalized spacial score (nSPS) is 11.3. The molecule has 2 aromatic rings. The summed E-state index contributed by atoms with van der Waals surface area (Å²) in [6.07, 6.45) is 0. The number of nitrogens with zero attached hydrogens (tertiary/aromatic N) is 1. The number of aryl methyl sites for hydroxylation is 3. The third kappa shape index (κ3) is 3.80. The molecule has 0 amide bonds. The second-order valence-electron chi connectivity index (χ2n) is 5.95. The van der Waals surface area contributed by atoms with Crippen LogP contribution in [0.15, 0.2) is 35.2 Å². The molecule has 0 bridgehead atoms. The number of carboxylic acids is 1. The van der Waals surface area contributed by atoms with Crippen LogP contribution in [0.1, 0.15) is 16.7 Å². The summed E-state index contributed by atoms with van der Waals surface area (Å²) in [6, 6.07) is 6.73. The second-order valence-corrected chi connectivity index (χ2v) is 7.81. The fourth-order valence-electron chi connectivity index (χ4n) is 2.91. The van der Waals surface area contributed by atoms with Gasteiger partial charge in [-0.3, -0.25) is 9.10 Å². The van der Waals surface area contributed by atoms with Crippen LogP contribution in [0.4, 0.5) is 10.1 Å². The highest BCUT2D eigenvalue weighted by molar-refractivity contribution is 7.92. The number of sulfonamides is 1. The molecule has 0 aromatic heterocycles. The van der Waals surface area contributed by atoms with E-state index < -0.39 is 28.4 Å². The molecule has 0 spiro atoms. The Labute approximate surface area is 151 Å². The zero-order valence-electron chi connectivity index (χ0n) is 14.9. The number of rotatable bonds is 6. The zero-order chi connectivity index (χ0) is 19.6. The summed E-state index contributed by atoms with van der Waals surface area (Å²) < 4.78 is 45.7. The van der Waals surface area contributed by atoms with E-state index in [0.717, 1.165) is 15.9 Å². The van der Waals surface area contributed by atoms with Crippen LogP contribution in [0, 0.1) is 26.6 Å². The molecule has 0 atom stereocenters. The molecule has 8 heteroatoms. The maximum atomic E-state index is 14.0. The maximum Gasteiger partial charge on any atom is 0.324 e. The number of hydrogen-bond acceptors (Lipinski definition) is 4. The Morgan fingerprint density at radius 2 is 1.73 bits per heavy atom. The van der Waals surface area contributed by atoms with Crippen molar-refractivity contribution in [2.24, 2.45) is 0 Å². The average Bonchev–Trinajstić information content (AvgIpc) is 2.52. The molecule has 0 saturated carbocycles. The number of halogens is 1. The minimum Gasteiger partial charge on any atom is -0.494 e. The van der Waals surface area contributed by atoms with Gasteiger partial charge in [0.05, 0.1) is 17.7 Å². The Morgan fingerprint density at radius 3 is 2.19 bits per heavy atom. The fraction of sp³-hybridized carbons (Fsp3) is 0.278. The molecule has 140 valence electrons. The van der Waals surface area contributed by atoms with E-state index in [2.05, 4.69) is 0 Å². The Hall–Kier alpha value is -2.61. The summed E-state index contributed by atoms with van der Waals surface area (Å²) >= 11 is 0. The monoisotopic (exact) mass is 381 g/mol. The van der Waals surface area contributed by atoms with Crippen molar-refractivity contribution in [2.45, 2.75) is 25.7 Å². The second kappa shape index (κ2) is 7.33. The third-order valence-corrected chi connectivity index (χ3v) is 5.62. The number of ether oxygens (including phenoxy) is 1. The first-order valence-electron chi connectivity index (χ1n) is 7.74. The third-order valence-electron chi connectivity index (χ3n) is 3.87. The quantitative estimate of drug-likeness (QED) is 0.831. The molecule has 0 unspecified atom stereocenters. The molecule has 0 fully saturated rings. The summed E-state index contributed by atoms with van der Waals surface area (Å²) in [5.74, 6) is -2.26. The highest BCUT2D eigenvalue weighted by Gasteiger charge is 2.30. The molecule has 2 aromatic carbocycles. The first-order valence-corrected chi connectivity index (χ1v) is 9.18. The Balaban J connectivity index is 2.67. The first-order chi connectivity index (χ1) is 12.1. The molecular formula is C18H20FNO5S. The summed E-state index contributed by atoms with van der Waals surface area (Å²) in [5.41, 5.74) is 2.42. The molecule has 0 aliphatic carbocycles. The summed E-state index contributed by atoms with van der Waals surface area (Å²) in [4.78, 5) is 11.0. The van der Waals surface area contributed by atoms with Crippen LogP contribution < -0.4 is 9.04 Å². The van der Waals surface area contributed by atoms with Crippen molar-refractivity contribution in [3.8, 4) is 5.75 Å². The van der Waals surface area contributed by atoms with Crippen molar-refractivity contribution in [2.75, 3.05) is 18.0 Å². The largest absolute Gasteiger partial charge is 0.494 e. The van der Waals surface area contributed by atoms with E-state index in [1.165, 1.54) is 19.2 Å². The average molecular weight is 381 g/mol. The number of benzene rings is 2. The molecule has 1 N–H and O–H groups in total. The summed E-state index contributed by atoms with van der Waals surface area (Å²) in [7, 11) is -3.03. The molecule has 0 heterocycles. The predicted molar refractivity (Wildman–Crippen MR) is 95.8 cm³/mol. The lowest BCUT2D eigenvalue weighted by Gasteiger charge is -2.26. The number of carbonyl (C=O) groups is 1. The lowest BCUT2D eigenvalue weighted by Crippen LogP contribution is -2.36. The van der Waals surface area contributed by atoms with E-state index in [1.54, 1.807) is 26.0 Å². The van der Waals surface area contributed by atoms with E-state index >= 15 is 0 Å². The maximum absolute atomic E-state index is 14.0. The van der Waals surface area contributed by atoms with Gasteiger partial charge in [0.1, 0.15) is 6.54 Å². The topological polar surface area (TPSA) is 83.9 Å². The Bertz CT molecular complexity index is 933. The van der Waals surface area contributed by atoms with Crippen molar-refractivity contribution in [1.82, 2.24) is 0 Å². The molecule has 2 rings (SSSR count). The standard InChI is InChI=1S/C18H20FNO5S/c1-11-7-12(2)18(13(3)8-11)20(10-17(21)22)26(23,24)14-5-6-16(25-4)15(19)9-14/h5-9H,10H2,1-4H3,(H,21,22). The zero-order valence-corrected chi connectivity index (χ0v) is 15.7. The van der Waals surface area contributed by atoms with Crippen LogP contribution in [0.5, 0.6) is 5.75 Å². The van der Waals surface area contributed by atoms with Crippen molar-refractivity contribution in [3.05, 3.63) is 52.8 Å². The smallest absolute Gasteiger partial charge is 0.324 e. The number of aliphatic carboxylic acids is 1. The van der Waals surface area contributed by atoms with Gasteiger partial charge in [0.15, 0.2) is 11.6 Å². The Kier molecular flexibility index (Phi) is 5.56. The van der Waals surface area contributed by atoms with Gasteiger partial charge in [-0.15, -0.1) is 0 Å². The van der Waals surface area contributed by atoms with Crippen LogP contribution in [0.3, 0.4) is 0 Å². The lowest BCUT2D eigenvalue weighted by molar-refractivity contribution is -0.135. The van der Waals surface area contributed by atoms with Gasteiger partial charge in [0.25, 0.3) is 10.0 Å². The van der Waals surface area contributed by atoms with Crippen molar-refractivity contribution >= 4 is 21.7 Å². The Morgan fingerprint density at radius 1 is 1.15 bits per heavy atom. The molecule has 0 radical (unpaired) electrons. The summed E-state index contributed by atoms with van der Waals surface area (Å²) in [5, 5.41) is 9.23. The molecule has 6 nitrogen and oxygen atoms in total. The minimum atomic E-state index is -4.30. The summed E-state index contributed by atoms with van der Waals surface area (Å²) in [6.45, 7) is 4.49. The van der Waals surface area contributed by atoms with E-state index in [4.69, 9.17) is 4.74 Å².